The van der Waals surface area contributed by atoms with Crippen molar-refractivity contribution in [1.29, 1.82) is 0 Å². The number of hydrogen-bond acceptors (Lipinski definition) is 6. The molecule has 0 radical (unpaired) electrons. The van der Waals surface area contributed by atoms with E-state index in [1.165, 1.54) is 0 Å². The summed E-state index contributed by atoms with van der Waals surface area (Å²) in [6.07, 6.45) is 5.45. The van der Waals surface area contributed by atoms with E-state index >= 15 is 0 Å². The van der Waals surface area contributed by atoms with Gasteiger partial charge in [-0.2, -0.15) is 0 Å². The van der Waals surface area contributed by atoms with E-state index in [-0.39, 0.29) is 5.56 Å². The number of para-hydroxylation sites is 1. The van der Waals surface area contributed by atoms with Crippen LogP contribution < -0.4 is 10.6 Å². The van der Waals surface area contributed by atoms with E-state index in [0.29, 0.717) is 13.2 Å². The Hall–Kier alpha value is -3.49. The molecule has 8 heteroatoms. The Kier molecular flexibility index (Phi) is 4.78. The van der Waals surface area contributed by atoms with Gasteiger partial charge in [-0.05, 0) is 25.1 Å². The molecule has 1 saturated heterocycles. The molecule has 0 bridgehead atoms. The van der Waals surface area contributed by atoms with Gasteiger partial charge in [0.15, 0.2) is 11.5 Å². The summed E-state index contributed by atoms with van der Waals surface area (Å²) in [6.45, 7) is 4.72. The summed E-state index contributed by atoms with van der Waals surface area (Å²) in [5, 5.41) is 4.34. The van der Waals surface area contributed by atoms with E-state index in [9.17, 15) is 4.79 Å². The molecule has 4 aromatic rings. The van der Waals surface area contributed by atoms with Gasteiger partial charge in [-0.3, -0.25) is 14.2 Å². The highest BCUT2D eigenvalue weighted by molar-refractivity contribution is 5.75. The van der Waals surface area contributed by atoms with Crippen LogP contribution >= 0.6 is 0 Å². The third kappa shape index (κ3) is 3.36. The van der Waals surface area contributed by atoms with Crippen molar-refractivity contribution in [1.82, 2.24) is 24.4 Å². The number of nitrogens with zero attached hydrogens (tertiary/aromatic N) is 5. The number of H-pyrrole nitrogens is 1. The molecule has 30 heavy (non-hydrogen) atoms. The number of ether oxygens (including phenoxy) is 1. The normalized spacial score (nSPS) is 14.8. The smallest absolute Gasteiger partial charge is 0.248 e. The molecule has 8 nitrogen and oxygen atoms in total. The van der Waals surface area contributed by atoms with E-state index in [2.05, 4.69) is 32.1 Å². The molecule has 0 spiro atoms. The summed E-state index contributed by atoms with van der Waals surface area (Å²) in [5.41, 5.74) is 4.01. The molecule has 0 atom stereocenters. The van der Waals surface area contributed by atoms with Gasteiger partial charge < -0.3 is 9.72 Å². The summed E-state index contributed by atoms with van der Waals surface area (Å²) in [7, 11) is 0. The van der Waals surface area contributed by atoms with Crippen molar-refractivity contribution in [2.24, 2.45) is 0 Å². The number of pyridine rings is 1. The van der Waals surface area contributed by atoms with Crippen molar-refractivity contribution < 1.29 is 4.74 Å². The number of imidazole rings is 1. The maximum atomic E-state index is 12.0. The van der Waals surface area contributed by atoms with E-state index < -0.39 is 0 Å². The minimum absolute atomic E-state index is 0.137. The number of fused-ring (bicyclic) bond motifs is 1. The highest BCUT2D eigenvalue weighted by Crippen LogP contribution is 2.31. The summed E-state index contributed by atoms with van der Waals surface area (Å²) in [6, 6.07) is 13.7. The standard InChI is InChI=1S/C22H22N6O2/c1-16-13-17(14-20(29)25-16)19-15-24-22(21-23-7-8-27(19)21)28(18-5-3-2-4-6-18)26-9-11-30-12-10-26/h2-8,13-15H,9-12H2,1H3,(H,25,29). The second kappa shape index (κ2) is 7.74. The minimum Gasteiger partial charge on any atom is -0.379 e. The maximum absolute atomic E-state index is 12.0. The molecule has 5 rings (SSSR count). The zero-order valence-corrected chi connectivity index (χ0v) is 16.7. The molecule has 152 valence electrons. The SMILES string of the molecule is Cc1cc(-c2cnc(N(c3ccccc3)N3CCOCC3)c3nccn23)cc(=O)[nH]1. The molecule has 0 aliphatic carbocycles. The van der Waals surface area contributed by atoms with E-state index in [0.717, 1.165) is 47.2 Å². The largest absolute Gasteiger partial charge is 0.379 e. The van der Waals surface area contributed by atoms with Crippen molar-refractivity contribution in [3.63, 3.8) is 0 Å². The second-order valence-corrected chi connectivity index (χ2v) is 7.22. The Morgan fingerprint density at radius 2 is 1.90 bits per heavy atom. The summed E-state index contributed by atoms with van der Waals surface area (Å²) < 4.78 is 7.53. The van der Waals surface area contributed by atoms with Gasteiger partial charge in [0.1, 0.15) is 0 Å². The van der Waals surface area contributed by atoms with Crippen LogP contribution in [0.4, 0.5) is 11.5 Å². The lowest BCUT2D eigenvalue weighted by Gasteiger charge is -2.38. The average Bonchev–Trinajstić information content (AvgIpc) is 3.25. The number of aryl methyl sites for hydroxylation is 1. The molecule has 0 unspecified atom stereocenters. The Morgan fingerprint density at radius 3 is 2.67 bits per heavy atom. The van der Waals surface area contributed by atoms with Crippen LogP contribution in [0.3, 0.4) is 0 Å². The minimum atomic E-state index is -0.137. The fourth-order valence-corrected chi connectivity index (χ4v) is 3.84. The first-order valence-electron chi connectivity index (χ1n) is 9.92. The Morgan fingerprint density at radius 1 is 1.10 bits per heavy atom. The number of aromatic amines is 1. The number of benzene rings is 1. The molecule has 4 heterocycles. The highest BCUT2D eigenvalue weighted by atomic mass is 16.5. The highest BCUT2D eigenvalue weighted by Gasteiger charge is 2.25. The zero-order chi connectivity index (χ0) is 20.5. The second-order valence-electron chi connectivity index (χ2n) is 7.22. The fourth-order valence-electron chi connectivity index (χ4n) is 3.84. The van der Waals surface area contributed by atoms with E-state index in [4.69, 9.17) is 9.72 Å². The number of hydrogen-bond donors (Lipinski definition) is 1. The molecule has 1 N–H and O–H groups in total. The van der Waals surface area contributed by atoms with Crippen LogP contribution in [-0.4, -0.2) is 50.7 Å². The van der Waals surface area contributed by atoms with Crippen LogP contribution in [0.15, 0.2) is 65.8 Å². The number of hydrazine groups is 1. The van der Waals surface area contributed by atoms with E-state index in [1.807, 2.05) is 41.8 Å². The molecule has 1 aliphatic heterocycles. The van der Waals surface area contributed by atoms with Gasteiger partial charge in [-0.25, -0.2) is 15.0 Å². The summed E-state index contributed by atoms with van der Waals surface area (Å²) in [4.78, 5) is 24.2. The van der Waals surface area contributed by atoms with Crippen molar-refractivity contribution in [3.8, 4) is 11.3 Å². The third-order valence-electron chi connectivity index (χ3n) is 5.16. The van der Waals surface area contributed by atoms with Crippen molar-refractivity contribution in [2.75, 3.05) is 31.3 Å². The lowest BCUT2D eigenvalue weighted by atomic mass is 10.1. The van der Waals surface area contributed by atoms with Crippen LogP contribution in [0.2, 0.25) is 0 Å². The van der Waals surface area contributed by atoms with Crippen LogP contribution in [0, 0.1) is 6.92 Å². The number of aromatic nitrogens is 4. The van der Waals surface area contributed by atoms with Crippen molar-refractivity contribution in [2.45, 2.75) is 6.92 Å². The van der Waals surface area contributed by atoms with Crippen LogP contribution in [0.5, 0.6) is 0 Å². The predicted molar refractivity (Wildman–Crippen MR) is 115 cm³/mol. The first-order valence-corrected chi connectivity index (χ1v) is 9.92. The fraction of sp³-hybridized carbons (Fsp3) is 0.227. The van der Waals surface area contributed by atoms with Crippen molar-refractivity contribution in [3.05, 3.63) is 77.1 Å². The van der Waals surface area contributed by atoms with Crippen LogP contribution in [0.1, 0.15) is 5.69 Å². The van der Waals surface area contributed by atoms with Gasteiger partial charge in [-0.1, -0.05) is 18.2 Å². The topological polar surface area (TPSA) is 78.8 Å². The Labute approximate surface area is 173 Å². The first kappa shape index (κ1) is 18.5. The van der Waals surface area contributed by atoms with Gasteiger partial charge >= 0.3 is 0 Å². The number of morpholine rings is 1. The van der Waals surface area contributed by atoms with E-state index in [1.54, 1.807) is 18.5 Å². The summed E-state index contributed by atoms with van der Waals surface area (Å²) >= 11 is 0. The maximum Gasteiger partial charge on any atom is 0.248 e. The van der Waals surface area contributed by atoms with Crippen LogP contribution in [-0.2, 0) is 4.74 Å². The average molecular weight is 402 g/mol. The Balaban J connectivity index is 1.68. The molecular formula is C22H22N6O2. The molecule has 0 amide bonds. The first-order chi connectivity index (χ1) is 14.7. The molecule has 1 aromatic carbocycles. The van der Waals surface area contributed by atoms with Crippen LogP contribution in [0.25, 0.3) is 16.9 Å². The summed E-state index contributed by atoms with van der Waals surface area (Å²) in [5.74, 6) is 0.735. The van der Waals surface area contributed by atoms with Gasteiger partial charge in [0.05, 0.1) is 30.8 Å². The number of nitrogens with one attached hydrogen (secondary N) is 1. The zero-order valence-electron chi connectivity index (χ0n) is 16.7. The van der Waals surface area contributed by atoms with Gasteiger partial charge in [0.2, 0.25) is 5.56 Å². The van der Waals surface area contributed by atoms with Gasteiger partial charge in [-0.15, -0.1) is 0 Å². The number of rotatable bonds is 4. The lowest BCUT2D eigenvalue weighted by molar-refractivity contribution is 0.0376. The molecule has 1 aliphatic rings. The molecular weight excluding hydrogens is 380 g/mol. The molecule has 1 fully saturated rings. The quantitative estimate of drug-likeness (QED) is 0.566. The van der Waals surface area contributed by atoms with Gasteiger partial charge in [0, 0.05) is 42.8 Å². The molecule has 0 saturated carbocycles. The van der Waals surface area contributed by atoms with Crippen molar-refractivity contribution >= 4 is 17.2 Å². The monoisotopic (exact) mass is 402 g/mol. The van der Waals surface area contributed by atoms with Gasteiger partial charge in [0.25, 0.3) is 0 Å². The Bertz CT molecular complexity index is 1230. The lowest BCUT2D eigenvalue weighted by Crippen LogP contribution is -2.47. The number of anilines is 2. The molecule has 3 aromatic heterocycles. The third-order valence-corrected chi connectivity index (χ3v) is 5.16. The predicted octanol–water partition coefficient (Wildman–Crippen LogP) is 2.78.